The molecule has 3 aliphatic carbocycles. The SMILES string of the molecule is O=C(O)C12CC(n3nc4n(c3=O)C(c3ccccc3)CC4)(C1)C2(F)F. The fourth-order valence-electron chi connectivity index (χ4n) is 4.76. The Morgan fingerprint density at radius 3 is 2.52 bits per heavy atom. The van der Waals surface area contributed by atoms with Gasteiger partial charge in [-0.2, -0.15) is 5.10 Å². The number of halogens is 2. The van der Waals surface area contributed by atoms with Gasteiger partial charge in [-0.1, -0.05) is 30.3 Å². The maximum absolute atomic E-state index is 14.5. The number of aromatic nitrogens is 3. The van der Waals surface area contributed by atoms with Crippen LogP contribution in [0.15, 0.2) is 35.1 Å². The van der Waals surface area contributed by atoms with Crippen molar-refractivity contribution in [2.24, 2.45) is 5.41 Å². The van der Waals surface area contributed by atoms with E-state index < -0.39 is 28.5 Å². The van der Waals surface area contributed by atoms with Gasteiger partial charge in [0.1, 0.15) is 16.8 Å². The second-order valence-electron chi connectivity index (χ2n) is 7.29. The average molecular weight is 347 g/mol. The number of nitrogens with zero attached hydrogens (tertiary/aromatic N) is 3. The zero-order chi connectivity index (χ0) is 17.6. The molecule has 1 N–H and O–H groups in total. The summed E-state index contributed by atoms with van der Waals surface area (Å²) in [4.78, 5) is 24.1. The van der Waals surface area contributed by atoms with Crippen LogP contribution in [0.4, 0.5) is 8.78 Å². The van der Waals surface area contributed by atoms with Crippen LogP contribution >= 0.6 is 0 Å². The van der Waals surface area contributed by atoms with E-state index in [1.54, 1.807) is 0 Å². The van der Waals surface area contributed by atoms with Gasteiger partial charge in [0.05, 0.1) is 6.04 Å². The standard InChI is InChI=1S/C17H15F2N3O3/c18-17(19)15(13(23)24)8-16(17,9-15)22-14(25)21-11(6-7-12(21)20-22)10-4-2-1-3-5-10/h1-5,11H,6-9H2,(H,23,24). The molecule has 25 heavy (non-hydrogen) atoms. The Morgan fingerprint density at radius 1 is 1.24 bits per heavy atom. The van der Waals surface area contributed by atoms with E-state index in [0.717, 1.165) is 10.2 Å². The van der Waals surface area contributed by atoms with E-state index in [1.165, 1.54) is 4.57 Å². The molecule has 2 bridgehead atoms. The van der Waals surface area contributed by atoms with Crippen LogP contribution in [-0.4, -0.2) is 31.3 Å². The molecule has 0 saturated heterocycles. The first kappa shape index (κ1) is 14.8. The number of rotatable bonds is 3. The zero-order valence-electron chi connectivity index (χ0n) is 13.2. The van der Waals surface area contributed by atoms with Crippen molar-refractivity contribution in [1.29, 1.82) is 0 Å². The summed E-state index contributed by atoms with van der Waals surface area (Å²) in [6.45, 7) is 0. The topological polar surface area (TPSA) is 77.1 Å². The fraction of sp³-hybridized carbons (Fsp3) is 0.471. The fourth-order valence-corrected chi connectivity index (χ4v) is 4.76. The average Bonchev–Trinajstić information content (AvgIpc) is 3.08. The maximum Gasteiger partial charge on any atom is 0.347 e. The van der Waals surface area contributed by atoms with Gasteiger partial charge in [0, 0.05) is 19.3 Å². The molecule has 3 saturated carbocycles. The van der Waals surface area contributed by atoms with Crippen LogP contribution in [0.25, 0.3) is 0 Å². The molecular weight excluding hydrogens is 332 g/mol. The van der Waals surface area contributed by atoms with Crippen molar-refractivity contribution in [3.63, 3.8) is 0 Å². The Hall–Kier alpha value is -2.51. The van der Waals surface area contributed by atoms with Crippen LogP contribution in [0.2, 0.25) is 0 Å². The molecule has 3 fully saturated rings. The monoisotopic (exact) mass is 347 g/mol. The molecule has 1 aliphatic heterocycles. The van der Waals surface area contributed by atoms with Crippen LogP contribution in [-0.2, 0) is 16.8 Å². The molecule has 0 amide bonds. The first-order valence-corrected chi connectivity index (χ1v) is 8.21. The summed E-state index contributed by atoms with van der Waals surface area (Å²) in [5.74, 6) is -4.46. The molecule has 1 aromatic carbocycles. The Bertz CT molecular complexity index is 957. The molecule has 2 heterocycles. The number of benzene rings is 1. The lowest BCUT2D eigenvalue weighted by molar-refractivity contribution is -0.387. The molecule has 1 aromatic heterocycles. The Morgan fingerprint density at radius 2 is 1.92 bits per heavy atom. The number of alkyl halides is 2. The molecule has 1 atom stereocenters. The third-order valence-electron chi connectivity index (χ3n) is 6.21. The molecule has 2 aromatic rings. The largest absolute Gasteiger partial charge is 0.481 e. The minimum Gasteiger partial charge on any atom is -0.481 e. The van der Waals surface area contributed by atoms with Crippen molar-refractivity contribution in [2.45, 2.75) is 43.2 Å². The van der Waals surface area contributed by atoms with Gasteiger partial charge >= 0.3 is 11.7 Å². The number of hydrogen-bond acceptors (Lipinski definition) is 3. The lowest BCUT2D eigenvalue weighted by atomic mass is 9.36. The zero-order valence-corrected chi connectivity index (χ0v) is 13.2. The van der Waals surface area contributed by atoms with Crippen LogP contribution in [0.5, 0.6) is 0 Å². The predicted octanol–water partition coefficient (Wildman–Crippen LogP) is 1.79. The number of hydrogen-bond donors (Lipinski definition) is 1. The van der Waals surface area contributed by atoms with Crippen LogP contribution in [0, 0.1) is 5.41 Å². The van der Waals surface area contributed by atoms with Crippen LogP contribution in [0.1, 0.15) is 36.7 Å². The van der Waals surface area contributed by atoms with Gasteiger partial charge in [-0.05, 0) is 12.0 Å². The van der Waals surface area contributed by atoms with Gasteiger partial charge in [0.2, 0.25) is 0 Å². The van der Waals surface area contributed by atoms with E-state index >= 15 is 0 Å². The van der Waals surface area contributed by atoms with E-state index in [9.17, 15) is 18.4 Å². The summed E-state index contributed by atoms with van der Waals surface area (Å²) in [7, 11) is 0. The summed E-state index contributed by atoms with van der Waals surface area (Å²) >= 11 is 0. The molecule has 130 valence electrons. The smallest absolute Gasteiger partial charge is 0.347 e. The Balaban J connectivity index is 1.58. The Labute approximate surface area is 140 Å². The molecule has 0 spiro atoms. The van der Waals surface area contributed by atoms with Crippen molar-refractivity contribution < 1.29 is 18.7 Å². The number of aryl methyl sites for hydroxylation is 1. The molecular formula is C17H15F2N3O3. The van der Waals surface area contributed by atoms with Gasteiger partial charge in [-0.25, -0.2) is 18.3 Å². The number of aliphatic carboxylic acids is 1. The van der Waals surface area contributed by atoms with Crippen molar-refractivity contribution >= 4 is 5.97 Å². The molecule has 4 aliphatic rings. The van der Waals surface area contributed by atoms with Gasteiger partial charge in [0.25, 0.3) is 5.92 Å². The quantitative estimate of drug-likeness (QED) is 0.918. The highest BCUT2D eigenvalue weighted by Gasteiger charge is 2.94. The third kappa shape index (κ3) is 1.40. The number of carbonyl (C=O) groups is 1. The van der Waals surface area contributed by atoms with Crippen molar-refractivity contribution in [1.82, 2.24) is 14.3 Å². The third-order valence-corrected chi connectivity index (χ3v) is 6.21. The molecule has 6 nitrogen and oxygen atoms in total. The van der Waals surface area contributed by atoms with Crippen LogP contribution < -0.4 is 5.69 Å². The number of carboxylic acids is 1. The summed E-state index contributed by atoms with van der Waals surface area (Å²) in [6.07, 6.45) is 0.752. The highest BCUT2D eigenvalue weighted by atomic mass is 19.3. The molecule has 1 unspecified atom stereocenters. The first-order valence-electron chi connectivity index (χ1n) is 8.21. The Kier molecular flexibility index (Phi) is 2.47. The second-order valence-corrected chi connectivity index (χ2v) is 7.29. The minimum atomic E-state index is -3.45. The van der Waals surface area contributed by atoms with Gasteiger partial charge in [0.15, 0.2) is 0 Å². The second kappa shape index (κ2) is 4.17. The van der Waals surface area contributed by atoms with Crippen molar-refractivity contribution in [3.8, 4) is 0 Å². The summed E-state index contributed by atoms with van der Waals surface area (Å²) < 4.78 is 31.4. The number of carboxylic acid groups (broad SMARTS) is 1. The highest BCUT2D eigenvalue weighted by molar-refractivity contribution is 5.82. The summed E-state index contributed by atoms with van der Waals surface area (Å²) in [5.41, 5.74) is -3.44. The van der Waals surface area contributed by atoms with E-state index in [4.69, 9.17) is 5.11 Å². The van der Waals surface area contributed by atoms with Crippen molar-refractivity contribution in [2.75, 3.05) is 0 Å². The van der Waals surface area contributed by atoms with E-state index in [1.807, 2.05) is 30.3 Å². The number of fused-ring (bicyclic) bond motifs is 1. The molecule has 0 radical (unpaired) electrons. The van der Waals surface area contributed by atoms with Gasteiger partial charge in [-0.3, -0.25) is 9.36 Å². The lowest BCUT2D eigenvalue weighted by Crippen LogP contribution is -2.87. The van der Waals surface area contributed by atoms with Gasteiger partial charge < -0.3 is 5.11 Å². The molecule has 8 heteroatoms. The van der Waals surface area contributed by atoms with Crippen molar-refractivity contribution in [3.05, 3.63) is 52.2 Å². The molecule has 6 rings (SSSR count). The van der Waals surface area contributed by atoms with E-state index in [2.05, 4.69) is 5.10 Å². The normalized spacial score (nSPS) is 34.1. The van der Waals surface area contributed by atoms with E-state index in [-0.39, 0.29) is 18.9 Å². The van der Waals surface area contributed by atoms with Crippen LogP contribution in [0.3, 0.4) is 0 Å². The predicted molar refractivity (Wildman–Crippen MR) is 81.6 cm³/mol. The highest BCUT2D eigenvalue weighted by Crippen LogP contribution is 2.79. The summed E-state index contributed by atoms with van der Waals surface area (Å²) in [6, 6.07) is 9.20. The van der Waals surface area contributed by atoms with E-state index in [0.29, 0.717) is 18.7 Å². The van der Waals surface area contributed by atoms with Gasteiger partial charge in [-0.15, -0.1) is 0 Å². The maximum atomic E-state index is 14.5. The minimum absolute atomic E-state index is 0.216. The lowest BCUT2D eigenvalue weighted by Gasteiger charge is -2.71. The first-order chi connectivity index (χ1) is 11.8. The summed E-state index contributed by atoms with van der Waals surface area (Å²) in [5, 5.41) is 13.3.